The zero-order valence-electron chi connectivity index (χ0n) is 22.0. The number of aromatic nitrogens is 4. The van der Waals surface area contributed by atoms with Crippen LogP contribution in [-0.4, -0.2) is 62.4 Å². The molecule has 2 aromatic rings. The van der Waals surface area contributed by atoms with Crippen LogP contribution in [0.1, 0.15) is 49.0 Å². The van der Waals surface area contributed by atoms with Crippen molar-refractivity contribution in [1.29, 1.82) is 0 Å². The molecule has 13 nitrogen and oxygen atoms in total. The number of methoxy groups -OCH3 is 1. The summed E-state index contributed by atoms with van der Waals surface area (Å²) in [5.74, 6) is -0.813. The van der Waals surface area contributed by atoms with Gasteiger partial charge in [-0.1, -0.05) is 17.7 Å². The molecule has 13 heteroatoms. The van der Waals surface area contributed by atoms with Gasteiger partial charge in [-0.25, -0.2) is 9.48 Å². The Kier molecular flexibility index (Phi) is 8.89. The number of hydrogen-bond donors (Lipinski definition) is 3. The van der Waals surface area contributed by atoms with E-state index in [-0.39, 0.29) is 42.7 Å². The van der Waals surface area contributed by atoms with Gasteiger partial charge in [0.05, 0.1) is 13.3 Å². The molecule has 2 bridgehead atoms. The molecular weight excluding hydrogens is 506 g/mol. The van der Waals surface area contributed by atoms with E-state index in [1.54, 1.807) is 6.07 Å². The van der Waals surface area contributed by atoms with E-state index < -0.39 is 29.4 Å². The predicted molar refractivity (Wildman–Crippen MR) is 139 cm³/mol. The zero-order chi connectivity index (χ0) is 27.9. The first-order valence-electron chi connectivity index (χ1n) is 12.9. The molecule has 2 aliphatic carbocycles. The van der Waals surface area contributed by atoms with E-state index in [1.807, 2.05) is 0 Å². The van der Waals surface area contributed by atoms with Gasteiger partial charge >= 0.3 is 5.97 Å². The molecular formula is C26H33N7O6. The standard InChI is InChI=1S/C26H33N7O6/c1-32-21(14-27-31-32)25(37)29-18(6-3-4-8-23(35)39-2)24(36)30-19-7-5-11-33(26(19)38)15-22(34)28-20-13-16-9-10-17(20)12-16/h4-5,7-8,11,14,16-18,20H,3,6,9-10,12-13,15H2,1-2H3,(H,28,34)(H,29,37)(H,30,36)/b8-4+/t16?,17?,18-,20?/m0/s1. The highest BCUT2D eigenvalue weighted by atomic mass is 16.5. The van der Waals surface area contributed by atoms with E-state index in [2.05, 4.69) is 31.0 Å². The first-order valence-corrected chi connectivity index (χ1v) is 12.9. The molecule has 4 atom stereocenters. The van der Waals surface area contributed by atoms with Crippen LogP contribution >= 0.6 is 0 Å². The van der Waals surface area contributed by atoms with Crippen LogP contribution < -0.4 is 21.5 Å². The van der Waals surface area contributed by atoms with Crippen molar-refractivity contribution in [2.75, 3.05) is 12.4 Å². The molecule has 2 fully saturated rings. The summed E-state index contributed by atoms with van der Waals surface area (Å²) in [4.78, 5) is 62.9. The maximum absolute atomic E-state index is 13.2. The van der Waals surface area contributed by atoms with Gasteiger partial charge in [-0.3, -0.25) is 19.2 Å². The summed E-state index contributed by atoms with van der Waals surface area (Å²) in [6.07, 6.45) is 10.4. The summed E-state index contributed by atoms with van der Waals surface area (Å²) in [7, 11) is 2.79. The summed E-state index contributed by atoms with van der Waals surface area (Å²) in [6, 6.07) is 2.10. The fraction of sp³-hybridized carbons (Fsp3) is 0.500. The number of carbonyl (C=O) groups excluding carboxylic acids is 4. The molecule has 208 valence electrons. The Morgan fingerprint density at radius 3 is 2.72 bits per heavy atom. The second-order valence-electron chi connectivity index (χ2n) is 9.96. The van der Waals surface area contributed by atoms with E-state index >= 15 is 0 Å². The van der Waals surface area contributed by atoms with E-state index in [9.17, 15) is 24.0 Å². The molecule has 4 rings (SSSR count). The van der Waals surface area contributed by atoms with Gasteiger partial charge in [0.2, 0.25) is 11.8 Å². The van der Waals surface area contributed by atoms with Gasteiger partial charge < -0.3 is 25.3 Å². The average Bonchev–Trinajstić information content (AvgIpc) is 3.65. The number of fused-ring (bicyclic) bond motifs is 2. The van der Waals surface area contributed by atoms with Crippen LogP contribution in [0.4, 0.5) is 5.69 Å². The van der Waals surface area contributed by atoms with Crippen LogP contribution in [-0.2, 0) is 32.7 Å². The molecule has 3 unspecified atom stereocenters. The average molecular weight is 540 g/mol. The van der Waals surface area contributed by atoms with Crippen LogP contribution in [0.3, 0.4) is 0 Å². The Bertz CT molecular complexity index is 1320. The lowest BCUT2D eigenvalue weighted by molar-refractivity contribution is -0.134. The molecule has 0 saturated heterocycles. The number of nitrogens with one attached hydrogen (secondary N) is 3. The molecule has 2 heterocycles. The number of rotatable bonds is 11. The van der Waals surface area contributed by atoms with Crippen LogP contribution in [0.5, 0.6) is 0 Å². The lowest BCUT2D eigenvalue weighted by Crippen LogP contribution is -2.45. The number of amides is 3. The minimum Gasteiger partial charge on any atom is -0.466 e. The van der Waals surface area contributed by atoms with Crippen LogP contribution in [0.25, 0.3) is 0 Å². The Balaban J connectivity index is 1.41. The summed E-state index contributed by atoms with van der Waals surface area (Å²) >= 11 is 0. The monoisotopic (exact) mass is 539 g/mol. The highest BCUT2D eigenvalue weighted by molar-refractivity contribution is 6.00. The number of ether oxygens (including phenoxy) is 1. The van der Waals surface area contributed by atoms with Crippen molar-refractivity contribution in [2.45, 2.75) is 57.2 Å². The Morgan fingerprint density at radius 2 is 2.05 bits per heavy atom. The number of esters is 1. The van der Waals surface area contributed by atoms with Crippen molar-refractivity contribution in [2.24, 2.45) is 18.9 Å². The smallest absolute Gasteiger partial charge is 0.330 e. The van der Waals surface area contributed by atoms with Crippen molar-refractivity contribution in [3.63, 3.8) is 0 Å². The number of pyridine rings is 1. The Labute approximate surface area is 225 Å². The molecule has 39 heavy (non-hydrogen) atoms. The summed E-state index contributed by atoms with van der Waals surface area (Å²) < 4.78 is 7.06. The molecule has 0 aromatic carbocycles. The molecule has 2 aliphatic rings. The quantitative estimate of drug-likeness (QED) is 0.275. The van der Waals surface area contributed by atoms with Crippen LogP contribution in [0.15, 0.2) is 41.5 Å². The van der Waals surface area contributed by atoms with Gasteiger partial charge in [-0.05, 0) is 56.1 Å². The molecule has 2 aromatic heterocycles. The van der Waals surface area contributed by atoms with Gasteiger partial charge in [0.25, 0.3) is 11.5 Å². The largest absolute Gasteiger partial charge is 0.466 e. The molecule has 2 saturated carbocycles. The second kappa shape index (κ2) is 12.5. The third-order valence-electron chi connectivity index (χ3n) is 7.32. The summed E-state index contributed by atoms with van der Waals surface area (Å²) in [5.41, 5.74) is -0.427. The first kappa shape index (κ1) is 27.7. The normalized spacial score (nSPS) is 20.5. The molecule has 3 N–H and O–H groups in total. The predicted octanol–water partition coefficient (Wildman–Crippen LogP) is 0.528. The molecule has 0 radical (unpaired) electrons. The minimum atomic E-state index is -1.05. The van der Waals surface area contributed by atoms with Crippen LogP contribution in [0, 0.1) is 11.8 Å². The topological polar surface area (TPSA) is 166 Å². The summed E-state index contributed by atoms with van der Waals surface area (Å²) in [5, 5.41) is 15.6. The molecule has 0 aliphatic heterocycles. The van der Waals surface area contributed by atoms with Gasteiger partial charge in [0.1, 0.15) is 24.0 Å². The van der Waals surface area contributed by atoms with E-state index in [1.165, 1.54) is 60.4 Å². The van der Waals surface area contributed by atoms with Gasteiger partial charge in [-0.15, -0.1) is 5.10 Å². The van der Waals surface area contributed by atoms with Gasteiger partial charge in [0, 0.05) is 25.4 Å². The molecule has 0 spiro atoms. The number of allylic oxidation sites excluding steroid dienone is 1. The van der Waals surface area contributed by atoms with Crippen molar-refractivity contribution in [3.8, 4) is 0 Å². The van der Waals surface area contributed by atoms with E-state index in [0.717, 1.165) is 19.3 Å². The highest BCUT2D eigenvalue weighted by Crippen LogP contribution is 2.44. The van der Waals surface area contributed by atoms with Crippen molar-refractivity contribution in [1.82, 2.24) is 30.2 Å². The highest BCUT2D eigenvalue weighted by Gasteiger charge is 2.40. The number of nitrogens with zero attached hydrogens (tertiary/aromatic N) is 4. The minimum absolute atomic E-state index is 0.0261. The Hall–Kier alpha value is -4.29. The lowest BCUT2D eigenvalue weighted by Gasteiger charge is -2.23. The first-order chi connectivity index (χ1) is 18.7. The van der Waals surface area contributed by atoms with Crippen molar-refractivity contribution in [3.05, 3.63) is 52.7 Å². The SMILES string of the molecule is COC(=O)/C=C/CC[C@H](NC(=O)c1cnnn1C)C(=O)Nc1cccn(CC(=O)NC2CC3CCC2C3)c1=O. The number of aryl methyl sites for hydroxylation is 1. The maximum atomic E-state index is 13.2. The van der Waals surface area contributed by atoms with Gasteiger partial charge in [-0.2, -0.15) is 0 Å². The summed E-state index contributed by atoms with van der Waals surface area (Å²) in [6.45, 7) is -0.164. The fourth-order valence-corrected chi connectivity index (χ4v) is 5.31. The number of carbonyl (C=O) groups is 4. The zero-order valence-corrected chi connectivity index (χ0v) is 22.0. The third-order valence-corrected chi connectivity index (χ3v) is 7.32. The number of hydrogen-bond acceptors (Lipinski definition) is 8. The molecule has 3 amide bonds. The second-order valence-corrected chi connectivity index (χ2v) is 9.96. The van der Waals surface area contributed by atoms with E-state index in [0.29, 0.717) is 11.8 Å². The van der Waals surface area contributed by atoms with Crippen LogP contribution in [0.2, 0.25) is 0 Å². The van der Waals surface area contributed by atoms with Gasteiger partial charge in [0.15, 0.2) is 0 Å². The third kappa shape index (κ3) is 6.98. The van der Waals surface area contributed by atoms with Crippen molar-refractivity contribution < 1.29 is 23.9 Å². The lowest BCUT2D eigenvalue weighted by atomic mass is 9.95. The number of anilines is 1. The Morgan fingerprint density at radius 1 is 1.23 bits per heavy atom. The van der Waals surface area contributed by atoms with E-state index in [4.69, 9.17) is 0 Å². The fourth-order valence-electron chi connectivity index (χ4n) is 5.31. The van der Waals surface area contributed by atoms with Crippen molar-refractivity contribution >= 4 is 29.4 Å². The maximum Gasteiger partial charge on any atom is 0.330 e.